The Morgan fingerprint density at radius 3 is 2.36 bits per heavy atom. The lowest BCUT2D eigenvalue weighted by molar-refractivity contribution is 0.206. The fourth-order valence-electron chi connectivity index (χ4n) is 1.27. The van der Waals surface area contributed by atoms with Crippen LogP contribution in [0.2, 0.25) is 0 Å². The minimum atomic E-state index is -0.309. The highest BCUT2D eigenvalue weighted by molar-refractivity contribution is 5.32. The second kappa shape index (κ2) is 4.98. The summed E-state index contributed by atoms with van der Waals surface area (Å²) in [5.74, 6) is 0.811. The zero-order valence-corrected chi connectivity index (χ0v) is 8.66. The Balaban J connectivity index is 2.58. The Kier molecular flexibility index (Phi) is 3.92. The third-order valence-electron chi connectivity index (χ3n) is 1.89. The van der Waals surface area contributed by atoms with E-state index in [1.165, 1.54) is 0 Å². The highest BCUT2D eigenvalue weighted by Gasteiger charge is 2.02. The highest BCUT2D eigenvalue weighted by atomic mass is 16.5. The van der Waals surface area contributed by atoms with Gasteiger partial charge in [-0.2, -0.15) is 0 Å². The monoisotopic (exact) mass is 195 g/mol. The summed E-state index contributed by atoms with van der Waals surface area (Å²) in [6.07, 6.45) is 0. The predicted octanol–water partition coefficient (Wildman–Crippen LogP) is 1.00. The van der Waals surface area contributed by atoms with Gasteiger partial charge in [0.15, 0.2) is 0 Å². The van der Waals surface area contributed by atoms with Gasteiger partial charge in [0.2, 0.25) is 0 Å². The van der Waals surface area contributed by atoms with Crippen molar-refractivity contribution in [1.29, 1.82) is 0 Å². The minimum Gasteiger partial charge on any atom is -0.492 e. The van der Waals surface area contributed by atoms with Crippen LogP contribution >= 0.6 is 0 Å². The first-order valence-corrected chi connectivity index (χ1v) is 4.69. The predicted molar refractivity (Wildman–Crippen MR) is 56.5 cm³/mol. The van der Waals surface area contributed by atoms with Gasteiger partial charge in [-0.3, -0.25) is 0 Å². The normalized spacial score (nSPS) is 12.6. The summed E-state index contributed by atoms with van der Waals surface area (Å²) in [6.45, 7) is 4.34. The van der Waals surface area contributed by atoms with E-state index >= 15 is 0 Å². The molecule has 0 aliphatic heterocycles. The van der Waals surface area contributed by atoms with E-state index in [-0.39, 0.29) is 12.6 Å². The van der Waals surface area contributed by atoms with E-state index in [2.05, 4.69) is 6.07 Å². The molecule has 0 saturated heterocycles. The smallest absolute Gasteiger partial charge is 0.119 e. The number of benzene rings is 1. The molecule has 3 heteroatoms. The van der Waals surface area contributed by atoms with E-state index in [9.17, 15) is 0 Å². The third kappa shape index (κ3) is 3.36. The lowest BCUT2D eigenvalue weighted by Crippen LogP contribution is -2.31. The first-order chi connectivity index (χ1) is 6.61. The highest BCUT2D eigenvalue weighted by Crippen LogP contribution is 2.16. The van der Waals surface area contributed by atoms with Gasteiger partial charge >= 0.3 is 0 Å². The van der Waals surface area contributed by atoms with Gasteiger partial charge in [-0.1, -0.05) is 6.07 Å². The molecule has 3 nitrogen and oxygen atoms in total. The van der Waals surface area contributed by atoms with Crippen LogP contribution in [0.4, 0.5) is 0 Å². The molecular formula is C11H17NO2. The second-order valence-corrected chi connectivity index (χ2v) is 3.58. The van der Waals surface area contributed by atoms with Crippen molar-refractivity contribution < 1.29 is 9.84 Å². The van der Waals surface area contributed by atoms with Crippen molar-refractivity contribution in [1.82, 2.24) is 0 Å². The Morgan fingerprint density at radius 1 is 1.29 bits per heavy atom. The van der Waals surface area contributed by atoms with E-state index in [1.54, 1.807) is 0 Å². The molecule has 0 bridgehead atoms. The van der Waals surface area contributed by atoms with Crippen LogP contribution < -0.4 is 10.5 Å². The Bertz CT molecular complexity index is 279. The van der Waals surface area contributed by atoms with Crippen molar-refractivity contribution in [3.05, 3.63) is 29.3 Å². The van der Waals surface area contributed by atoms with E-state index in [0.717, 1.165) is 16.9 Å². The fourth-order valence-corrected chi connectivity index (χ4v) is 1.27. The molecule has 78 valence electrons. The summed E-state index contributed by atoms with van der Waals surface area (Å²) in [5, 5.41) is 8.72. The second-order valence-electron chi connectivity index (χ2n) is 3.58. The Hall–Kier alpha value is -1.06. The molecule has 0 spiro atoms. The minimum absolute atomic E-state index is 0.0508. The lowest BCUT2D eigenvalue weighted by Gasteiger charge is -2.11. The fraction of sp³-hybridized carbons (Fsp3) is 0.455. The molecule has 0 amide bonds. The molecule has 0 aromatic heterocycles. The maximum atomic E-state index is 8.72. The van der Waals surface area contributed by atoms with Gasteiger partial charge < -0.3 is 15.6 Å². The number of aryl methyl sites for hydroxylation is 2. The van der Waals surface area contributed by atoms with Gasteiger partial charge in [0, 0.05) is 0 Å². The average molecular weight is 195 g/mol. The molecular weight excluding hydrogens is 178 g/mol. The Labute approximate surface area is 84.5 Å². The molecule has 0 heterocycles. The first-order valence-electron chi connectivity index (χ1n) is 4.69. The van der Waals surface area contributed by atoms with E-state index in [1.807, 2.05) is 26.0 Å². The van der Waals surface area contributed by atoms with Gasteiger partial charge in [-0.15, -0.1) is 0 Å². The standard InChI is InChI=1S/C11H17NO2/c1-8-3-9(2)5-11(4-8)14-7-10(12)6-13/h3-5,10,13H,6-7,12H2,1-2H3. The molecule has 1 unspecified atom stereocenters. The summed E-state index contributed by atoms with van der Waals surface area (Å²) < 4.78 is 5.44. The molecule has 1 aromatic carbocycles. The van der Waals surface area contributed by atoms with Gasteiger partial charge in [-0.25, -0.2) is 0 Å². The maximum absolute atomic E-state index is 8.72. The van der Waals surface area contributed by atoms with Crippen LogP contribution in [-0.4, -0.2) is 24.4 Å². The Morgan fingerprint density at radius 2 is 1.86 bits per heavy atom. The number of ether oxygens (including phenoxy) is 1. The van der Waals surface area contributed by atoms with E-state index in [0.29, 0.717) is 6.61 Å². The van der Waals surface area contributed by atoms with Crippen LogP contribution in [0.25, 0.3) is 0 Å². The number of hydrogen-bond donors (Lipinski definition) is 2. The summed E-state index contributed by atoms with van der Waals surface area (Å²) >= 11 is 0. The van der Waals surface area contributed by atoms with Crippen LogP contribution in [0.15, 0.2) is 18.2 Å². The molecule has 0 fully saturated rings. The molecule has 0 saturated carbocycles. The molecule has 0 aliphatic rings. The van der Waals surface area contributed by atoms with Gasteiger partial charge in [0.1, 0.15) is 12.4 Å². The van der Waals surface area contributed by atoms with E-state index in [4.69, 9.17) is 15.6 Å². The van der Waals surface area contributed by atoms with Crippen molar-refractivity contribution in [3.8, 4) is 5.75 Å². The molecule has 0 radical (unpaired) electrons. The largest absolute Gasteiger partial charge is 0.492 e. The van der Waals surface area contributed by atoms with Gasteiger partial charge in [0.25, 0.3) is 0 Å². The van der Waals surface area contributed by atoms with Crippen LogP contribution in [0.5, 0.6) is 5.75 Å². The van der Waals surface area contributed by atoms with Crippen LogP contribution in [0, 0.1) is 13.8 Å². The van der Waals surface area contributed by atoms with Crippen LogP contribution in [0.3, 0.4) is 0 Å². The van der Waals surface area contributed by atoms with Crippen molar-refractivity contribution in [2.45, 2.75) is 19.9 Å². The average Bonchev–Trinajstić information content (AvgIpc) is 2.12. The number of nitrogens with two attached hydrogens (primary N) is 1. The summed E-state index contributed by atoms with van der Waals surface area (Å²) in [6, 6.07) is 5.68. The molecule has 1 aromatic rings. The maximum Gasteiger partial charge on any atom is 0.119 e. The third-order valence-corrected chi connectivity index (χ3v) is 1.89. The van der Waals surface area contributed by atoms with Crippen molar-refractivity contribution in [2.24, 2.45) is 5.73 Å². The number of rotatable bonds is 4. The summed E-state index contributed by atoms with van der Waals surface area (Å²) in [4.78, 5) is 0. The van der Waals surface area contributed by atoms with Gasteiger partial charge in [-0.05, 0) is 37.1 Å². The van der Waals surface area contributed by atoms with E-state index < -0.39 is 0 Å². The SMILES string of the molecule is Cc1cc(C)cc(OCC(N)CO)c1. The van der Waals surface area contributed by atoms with Gasteiger partial charge in [0.05, 0.1) is 12.6 Å². The van der Waals surface area contributed by atoms with Crippen molar-refractivity contribution in [3.63, 3.8) is 0 Å². The van der Waals surface area contributed by atoms with Crippen molar-refractivity contribution in [2.75, 3.05) is 13.2 Å². The zero-order chi connectivity index (χ0) is 10.6. The number of aliphatic hydroxyl groups is 1. The first kappa shape index (κ1) is 11.0. The van der Waals surface area contributed by atoms with Crippen LogP contribution in [-0.2, 0) is 0 Å². The topological polar surface area (TPSA) is 55.5 Å². The van der Waals surface area contributed by atoms with Crippen molar-refractivity contribution >= 4 is 0 Å². The summed E-state index contributed by atoms with van der Waals surface area (Å²) in [7, 11) is 0. The zero-order valence-electron chi connectivity index (χ0n) is 8.66. The molecule has 1 rings (SSSR count). The number of aliphatic hydroxyl groups excluding tert-OH is 1. The number of hydrogen-bond acceptors (Lipinski definition) is 3. The molecule has 0 aliphatic carbocycles. The van der Waals surface area contributed by atoms with Crippen LogP contribution in [0.1, 0.15) is 11.1 Å². The molecule has 1 atom stereocenters. The lowest BCUT2D eigenvalue weighted by atomic mass is 10.1. The summed E-state index contributed by atoms with van der Waals surface area (Å²) in [5.41, 5.74) is 7.85. The molecule has 3 N–H and O–H groups in total. The molecule has 14 heavy (non-hydrogen) atoms. The quantitative estimate of drug-likeness (QED) is 0.753.